The summed E-state index contributed by atoms with van der Waals surface area (Å²) in [4.78, 5) is 2.50. The number of morpholine rings is 1. The molecule has 0 N–H and O–H groups in total. The van der Waals surface area contributed by atoms with Gasteiger partial charge in [-0.25, -0.2) is 0 Å². The number of hydrogen-bond donors (Lipinski definition) is 0. The van der Waals surface area contributed by atoms with Crippen LogP contribution in [-0.2, 0) is 11.2 Å². The zero-order valence-electron chi connectivity index (χ0n) is 13.7. The minimum absolute atomic E-state index is 0.891. The highest BCUT2D eigenvalue weighted by Gasteiger charge is 2.09. The first-order valence-corrected chi connectivity index (χ1v) is 8.52. The smallest absolute Gasteiger partial charge is 0.0594 e. The lowest BCUT2D eigenvalue weighted by Crippen LogP contribution is -2.36. The summed E-state index contributed by atoms with van der Waals surface area (Å²) < 4.78 is 5.38. The average molecular weight is 307 g/mol. The second-order valence-corrected chi connectivity index (χ2v) is 6.04. The van der Waals surface area contributed by atoms with Gasteiger partial charge in [-0.05, 0) is 36.1 Å². The molecule has 1 fully saturated rings. The quantitative estimate of drug-likeness (QED) is 0.744. The van der Waals surface area contributed by atoms with Gasteiger partial charge in [-0.1, -0.05) is 66.7 Å². The van der Waals surface area contributed by atoms with Gasteiger partial charge < -0.3 is 4.74 Å². The Morgan fingerprint density at radius 1 is 0.826 bits per heavy atom. The first-order chi connectivity index (χ1) is 11.4. The Balaban J connectivity index is 1.46. The van der Waals surface area contributed by atoms with Gasteiger partial charge in [0.05, 0.1) is 13.2 Å². The molecule has 0 aliphatic carbocycles. The summed E-state index contributed by atoms with van der Waals surface area (Å²) in [5.74, 6) is 0. The first kappa shape index (κ1) is 16.0. The average Bonchev–Trinajstić information content (AvgIpc) is 2.63. The minimum atomic E-state index is 0.891. The van der Waals surface area contributed by atoms with Gasteiger partial charge >= 0.3 is 0 Å². The summed E-state index contributed by atoms with van der Waals surface area (Å²) in [6.45, 7) is 5.14. The van der Waals surface area contributed by atoms with Crippen molar-refractivity contribution < 1.29 is 4.74 Å². The molecular weight excluding hydrogens is 282 g/mol. The molecule has 2 aromatic carbocycles. The molecule has 0 unspecified atom stereocenters. The van der Waals surface area contributed by atoms with Crippen LogP contribution in [0.3, 0.4) is 0 Å². The number of hydrogen-bond acceptors (Lipinski definition) is 2. The van der Waals surface area contributed by atoms with Crippen LogP contribution in [0.5, 0.6) is 0 Å². The highest BCUT2D eigenvalue weighted by Crippen LogP contribution is 2.11. The van der Waals surface area contributed by atoms with Crippen molar-refractivity contribution in [3.05, 3.63) is 71.3 Å². The third kappa shape index (κ3) is 5.34. The number of nitrogens with zero attached hydrogens (tertiary/aromatic N) is 1. The van der Waals surface area contributed by atoms with E-state index in [1.54, 1.807) is 0 Å². The Morgan fingerprint density at radius 3 is 2.17 bits per heavy atom. The van der Waals surface area contributed by atoms with Crippen LogP contribution in [-0.4, -0.2) is 37.7 Å². The van der Waals surface area contributed by atoms with Crippen molar-refractivity contribution in [1.82, 2.24) is 4.90 Å². The molecule has 0 spiro atoms. The van der Waals surface area contributed by atoms with E-state index < -0.39 is 0 Å². The highest BCUT2D eigenvalue weighted by molar-refractivity contribution is 5.69. The molecule has 0 atom stereocenters. The molecule has 23 heavy (non-hydrogen) atoms. The highest BCUT2D eigenvalue weighted by atomic mass is 16.5. The summed E-state index contributed by atoms with van der Waals surface area (Å²) >= 11 is 0. The van der Waals surface area contributed by atoms with E-state index in [-0.39, 0.29) is 0 Å². The summed E-state index contributed by atoms with van der Waals surface area (Å²) in [7, 11) is 0. The third-order valence-corrected chi connectivity index (χ3v) is 4.29. The van der Waals surface area contributed by atoms with Gasteiger partial charge in [-0.15, -0.1) is 0 Å². The summed E-state index contributed by atoms with van der Waals surface area (Å²) in [5, 5.41) is 0. The van der Waals surface area contributed by atoms with Crippen LogP contribution in [0.15, 0.2) is 54.6 Å². The maximum absolute atomic E-state index is 5.38. The largest absolute Gasteiger partial charge is 0.379 e. The van der Waals surface area contributed by atoms with Gasteiger partial charge in [0.1, 0.15) is 0 Å². The van der Waals surface area contributed by atoms with Crippen molar-refractivity contribution in [3.8, 4) is 0 Å². The lowest BCUT2D eigenvalue weighted by atomic mass is 10.1. The van der Waals surface area contributed by atoms with Crippen LogP contribution in [0.2, 0.25) is 0 Å². The fraction of sp³-hybridized carbons (Fsp3) is 0.333. The van der Waals surface area contributed by atoms with Crippen molar-refractivity contribution in [2.24, 2.45) is 0 Å². The standard InChI is InChI=1S/C21H25NO/c1-2-5-19(6-3-1)8-11-21-12-9-20(10-13-21)7-4-14-22-15-17-23-18-16-22/h1-3,5-6,8-13H,4,7,14-18H2/b11-8+. The van der Waals surface area contributed by atoms with Crippen molar-refractivity contribution in [2.75, 3.05) is 32.8 Å². The maximum Gasteiger partial charge on any atom is 0.0594 e. The molecule has 0 saturated carbocycles. The van der Waals surface area contributed by atoms with Gasteiger partial charge in [0.2, 0.25) is 0 Å². The Morgan fingerprint density at radius 2 is 1.48 bits per heavy atom. The molecule has 0 amide bonds. The third-order valence-electron chi connectivity index (χ3n) is 4.29. The van der Waals surface area contributed by atoms with Gasteiger partial charge in [-0.2, -0.15) is 0 Å². The van der Waals surface area contributed by atoms with E-state index in [0.29, 0.717) is 0 Å². The lowest BCUT2D eigenvalue weighted by molar-refractivity contribution is 0.0375. The van der Waals surface area contributed by atoms with E-state index in [4.69, 9.17) is 4.74 Å². The van der Waals surface area contributed by atoms with Gasteiger partial charge in [0.15, 0.2) is 0 Å². The lowest BCUT2D eigenvalue weighted by Gasteiger charge is -2.26. The number of benzene rings is 2. The molecule has 0 aromatic heterocycles. The molecule has 2 aromatic rings. The fourth-order valence-corrected chi connectivity index (χ4v) is 2.88. The predicted octanol–water partition coefficient (Wildman–Crippen LogP) is 4.12. The van der Waals surface area contributed by atoms with Gasteiger partial charge in [0, 0.05) is 13.1 Å². The Hall–Kier alpha value is -1.90. The van der Waals surface area contributed by atoms with Crippen molar-refractivity contribution in [2.45, 2.75) is 12.8 Å². The van der Waals surface area contributed by atoms with Crippen LogP contribution in [0.4, 0.5) is 0 Å². The van der Waals surface area contributed by atoms with Crippen molar-refractivity contribution >= 4 is 12.2 Å². The van der Waals surface area contributed by atoms with Crippen LogP contribution in [0.1, 0.15) is 23.1 Å². The topological polar surface area (TPSA) is 12.5 Å². The fourth-order valence-electron chi connectivity index (χ4n) is 2.88. The second-order valence-electron chi connectivity index (χ2n) is 6.04. The maximum atomic E-state index is 5.38. The molecule has 0 radical (unpaired) electrons. The van der Waals surface area contributed by atoms with Crippen molar-refractivity contribution in [1.29, 1.82) is 0 Å². The summed E-state index contributed by atoms with van der Waals surface area (Å²) in [5.41, 5.74) is 3.92. The Kier molecular flexibility index (Phi) is 6.01. The summed E-state index contributed by atoms with van der Waals surface area (Å²) in [6, 6.07) is 19.4. The van der Waals surface area contributed by atoms with Gasteiger partial charge in [0.25, 0.3) is 0 Å². The normalized spacial score (nSPS) is 16.0. The van der Waals surface area contributed by atoms with Crippen LogP contribution < -0.4 is 0 Å². The molecule has 0 bridgehead atoms. The SMILES string of the molecule is C(=C\c1ccc(CCCN2CCOCC2)cc1)/c1ccccc1. The summed E-state index contributed by atoms with van der Waals surface area (Å²) in [6.07, 6.45) is 6.71. The zero-order valence-corrected chi connectivity index (χ0v) is 13.7. The van der Waals surface area contributed by atoms with Gasteiger partial charge in [-0.3, -0.25) is 4.90 Å². The predicted molar refractivity (Wildman–Crippen MR) is 97.4 cm³/mol. The molecule has 2 nitrogen and oxygen atoms in total. The molecule has 2 heteroatoms. The molecule has 3 rings (SSSR count). The van der Waals surface area contributed by atoms with Crippen LogP contribution in [0.25, 0.3) is 12.2 Å². The van der Waals surface area contributed by atoms with E-state index in [1.165, 1.54) is 29.7 Å². The van der Waals surface area contributed by atoms with Crippen LogP contribution >= 0.6 is 0 Å². The monoisotopic (exact) mass is 307 g/mol. The number of rotatable bonds is 6. The molecule has 1 heterocycles. The molecule has 120 valence electrons. The number of ether oxygens (including phenoxy) is 1. The second kappa shape index (κ2) is 8.66. The van der Waals surface area contributed by atoms with E-state index >= 15 is 0 Å². The first-order valence-electron chi connectivity index (χ1n) is 8.52. The Labute approximate surface area is 139 Å². The van der Waals surface area contributed by atoms with E-state index in [9.17, 15) is 0 Å². The molecular formula is C21H25NO. The minimum Gasteiger partial charge on any atom is -0.379 e. The van der Waals surface area contributed by atoms with Crippen molar-refractivity contribution in [3.63, 3.8) is 0 Å². The zero-order chi connectivity index (χ0) is 15.7. The molecule has 1 aliphatic rings. The van der Waals surface area contributed by atoms with E-state index in [1.807, 2.05) is 6.07 Å². The number of aryl methyl sites for hydroxylation is 1. The van der Waals surface area contributed by atoms with Crippen LogP contribution in [0, 0.1) is 0 Å². The molecule has 1 saturated heterocycles. The molecule has 1 aliphatic heterocycles. The Bertz CT molecular complexity index is 597. The van der Waals surface area contributed by atoms with E-state index in [2.05, 4.69) is 65.6 Å². The van der Waals surface area contributed by atoms with E-state index in [0.717, 1.165) is 32.7 Å².